The normalized spacial score (nSPS) is 14.4. The Morgan fingerprint density at radius 2 is 1.86 bits per heavy atom. The highest BCUT2D eigenvalue weighted by molar-refractivity contribution is 7.18. The van der Waals surface area contributed by atoms with Gasteiger partial charge in [-0.25, -0.2) is 4.98 Å². The van der Waals surface area contributed by atoms with Gasteiger partial charge in [-0.2, -0.15) is 0 Å². The number of nitrogens with two attached hydrogens (primary N) is 1. The van der Waals surface area contributed by atoms with Crippen molar-refractivity contribution in [3.63, 3.8) is 0 Å². The van der Waals surface area contributed by atoms with Crippen LogP contribution in [-0.4, -0.2) is 34.8 Å². The Morgan fingerprint density at radius 3 is 2.41 bits per heavy atom. The van der Waals surface area contributed by atoms with Gasteiger partial charge in [-0.05, 0) is 29.5 Å². The average Bonchev–Trinajstić information content (AvgIpc) is 3.05. The van der Waals surface area contributed by atoms with Crippen LogP contribution in [0, 0.1) is 5.92 Å². The molecule has 0 bridgehead atoms. The monoisotopic (exact) mass is 418 g/mol. The lowest BCUT2D eigenvalue weighted by molar-refractivity contribution is -0.131. The number of thiazole rings is 1. The summed E-state index contributed by atoms with van der Waals surface area (Å²) in [5, 5.41) is 6.11. The van der Waals surface area contributed by atoms with Gasteiger partial charge in [-0.1, -0.05) is 40.2 Å². The van der Waals surface area contributed by atoms with E-state index in [1.807, 2.05) is 19.9 Å². The van der Waals surface area contributed by atoms with Crippen LogP contribution in [0.2, 0.25) is 0 Å². The van der Waals surface area contributed by atoms with Crippen LogP contribution in [-0.2, 0) is 20.8 Å². The van der Waals surface area contributed by atoms with Crippen molar-refractivity contribution in [3.8, 4) is 0 Å². The molecule has 1 aromatic heterocycles. The fraction of sp³-hybridized carbons (Fsp3) is 0.524. The summed E-state index contributed by atoms with van der Waals surface area (Å²) in [6.45, 7) is 9.39. The molecular formula is C21H30N4O3S. The van der Waals surface area contributed by atoms with Crippen LogP contribution < -0.4 is 16.4 Å². The predicted octanol–water partition coefficient (Wildman–Crippen LogP) is 2.48. The highest BCUT2D eigenvalue weighted by Gasteiger charge is 2.28. The molecule has 0 aliphatic heterocycles. The lowest BCUT2D eigenvalue weighted by atomic mass is 9.98. The summed E-state index contributed by atoms with van der Waals surface area (Å²) in [4.78, 5) is 40.8. The molecule has 0 aliphatic rings. The maximum atomic E-state index is 12.8. The Bertz CT molecular complexity index is 893. The second-order valence-corrected chi connectivity index (χ2v) is 8.84. The molecule has 1 aromatic carbocycles. The minimum Gasteiger partial charge on any atom is -0.368 e. The van der Waals surface area contributed by atoms with Crippen molar-refractivity contribution in [3.05, 3.63) is 28.8 Å². The second kappa shape index (κ2) is 9.82. The molecule has 0 saturated carbocycles. The number of nitrogens with one attached hydrogen (secondary N) is 2. The number of amides is 3. The number of hydrogen-bond acceptors (Lipinski definition) is 5. The lowest BCUT2D eigenvalue weighted by Crippen LogP contribution is -2.55. The van der Waals surface area contributed by atoms with Crippen molar-refractivity contribution >= 4 is 39.3 Å². The number of aromatic nitrogens is 1. The van der Waals surface area contributed by atoms with Crippen molar-refractivity contribution in [2.24, 2.45) is 11.7 Å². The Balaban J connectivity index is 2.23. The third-order valence-corrected chi connectivity index (χ3v) is 6.05. The molecule has 2 aromatic rings. The van der Waals surface area contributed by atoms with Gasteiger partial charge in [0.25, 0.3) is 0 Å². The summed E-state index contributed by atoms with van der Waals surface area (Å²) in [6.07, 6.45) is 0.933. The highest BCUT2D eigenvalue weighted by atomic mass is 32.1. The molecule has 7 nitrogen and oxygen atoms in total. The van der Waals surface area contributed by atoms with Crippen LogP contribution in [0.4, 0.5) is 0 Å². The molecule has 2 rings (SSSR count). The fourth-order valence-corrected chi connectivity index (χ4v) is 4.11. The number of fused-ring (bicyclic) bond motifs is 1. The van der Waals surface area contributed by atoms with Crippen LogP contribution in [0.3, 0.4) is 0 Å². The van der Waals surface area contributed by atoms with E-state index in [0.29, 0.717) is 12.3 Å². The number of nitrogens with zero attached hydrogens (tertiary/aromatic N) is 1. The quantitative estimate of drug-likeness (QED) is 0.580. The maximum absolute atomic E-state index is 12.8. The number of carbonyl (C=O) groups excluding carboxylic acids is 3. The Morgan fingerprint density at radius 1 is 1.17 bits per heavy atom. The maximum Gasteiger partial charge on any atom is 0.243 e. The minimum absolute atomic E-state index is 0.105. The number of carbonyl (C=O) groups is 3. The van der Waals surface area contributed by atoms with E-state index in [9.17, 15) is 14.4 Å². The fourth-order valence-electron chi connectivity index (χ4n) is 3.05. The third-order valence-electron chi connectivity index (χ3n) is 5.01. The molecule has 0 saturated heterocycles. The summed E-state index contributed by atoms with van der Waals surface area (Å²) in [7, 11) is 0. The van der Waals surface area contributed by atoms with Crippen molar-refractivity contribution in [2.75, 3.05) is 0 Å². The zero-order valence-electron chi connectivity index (χ0n) is 17.6. The number of hydrogen-bond donors (Lipinski definition) is 3. The number of rotatable bonds is 9. The topological polar surface area (TPSA) is 114 Å². The summed E-state index contributed by atoms with van der Waals surface area (Å²) < 4.78 is 1.04. The first-order chi connectivity index (χ1) is 13.6. The smallest absolute Gasteiger partial charge is 0.243 e. The molecule has 4 N–H and O–H groups in total. The van der Waals surface area contributed by atoms with Crippen molar-refractivity contribution in [2.45, 2.75) is 65.5 Å². The molecule has 0 radical (unpaired) electrons. The van der Waals surface area contributed by atoms with Gasteiger partial charge in [0, 0.05) is 13.3 Å². The summed E-state index contributed by atoms with van der Waals surface area (Å²) in [5.41, 5.74) is 7.54. The largest absolute Gasteiger partial charge is 0.368 e. The molecule has 0 spiro atoms. The molecule has 1 heterocycles. The van der Waals surface area contributed by atoms with E-state index in [0.717, 1.165) is 15.2 Å². The van der Waals surface area contributed by atoms with Gasteiger partial charge in [0.1, 0.15) is 12.1 Å². The minimum atomic E-state index is -0.830. The van der Waals surface area contributed by atoms with Gasteiger partial charge < -0.3 is 16.4 Å². The van der Waals surface area contributed by atoms with Crippen molar-refractivity contribution in [1.82, 2.24) is 15.6 Å². The van der Waals surface area contributed by atoms with Gasteiger partial charge in [-0.15, -0.1) is 11.3 Å². The van der Waals surface area contributed by atoms with Crippen LogP contribution in [0.5, 0.6) is 0 Å². The van der Waals surface area contributed by atoms with Crippen molar-refractivity contribution in [1.29, 1.82) is 0 Å². The van der Waals surface area contributed by atoms with Gasteiger partial charge in [0.2, 0.25) is 17.7 Å². The van der Waals surface area contributed by atoms with Crippen LogP contribution >= 0.6 is 11.3 Å². The zero-order valence-corrected chi connectivity index (χ0v) is 18.4. The van der Waals surface area contributed by atoms with Crippen molar-refractivity contribution < 1.29 is 14.4 Å². The van der Waals surface area contributed by atoms with E-state index in [2.05, 4.69) is 41.6 Å². The van der Waals surface area contributed by atoms with E-state index in [1.54, 1.807) is 0 Å². The third kappa shape index (κ3) is 6.00. The molecule has 1 unspecified atom stereocenters. The molecular weight excluding hydrogens is 388 g/mol. The first kappa shape index (κ1) is 22.8. The SMILES string of the molecule is CC[C@H](C)[C@H](NC(=O)C(Cc1nc2ccc(C(C)C)cc2s1)NC(C)=O)C(N)=O. The Kier molecular flexibility index (Phi) is 7.73. The van der Waals surface area contributed by atoms with E-state index < -0.39 is 23.9 Å². The van der Waals surface area contributed by atoms with Gasteiger partial charge in [0.15, 0.2) is 0 Å². The van der Waals surface area contributed by atoms with Crippen LogP contribution in [0.1, 0.15) is 57.5 Å². The second-order valence-electron chi connectivity index (χ2n) is 7.72. The summed E-state index contributed by atoms with van der Waals surface area (Å²) in [5.74, 6) is -1.05. The molecule has 8 heteroatoms. The highest BCUT2D eigenvalue weighted by Crippen LogP contribution is 2.27. The molecule has 158 valence electrons. The zero-order chi connectivity index (χ0) is 21.7. The standard InChI is InChI=1S/C21H30N4O3S/c1-6-12(4)19(20(22)27)25-21(28)16(23-13(5)26)10-18-24-15-8-7-14(11(2)3)9-17(15)29-18/h7-9,11-12,16,19H,6,10H2,1-5H3,(H2,22,27)(H,23,26)(H,25,28)/t12-,16?,19-/m0/s1. The first-order valence-corrected chi connectivity index (χ1v) is 10.7. The predicted molar refractivity (Wildman–Crippen MR) is 116 cm³/mol. The van der Waals surface area contributed by atoms with E-state index in [1.165, 1.54) is 23.8 Å². The average molecular weight is 419 g/mol. The van der Waals surface area contributed by atoms with E-state index >= 15 is 0 Å². The Hall–Kier alpha value is -2.48. The molecule has 29 heavy (non-hydrogen) atoms. The first-order valence-electron chi connectivity index (χ1n) is 9.88. The van der Waals surface area contributed by atoms with Gasteiger partial charge >= 0.3 is 0 Å². The Labute approximate surface area is 175 Å². The number of primary amides is 1. The lowest BCUT2D eigenvalue weighted by Gasteiger charge is -2.24. The molecule has 3 atom stereocenters. The van der Waals surface area contributed by atoms with Gasteiger partial charge in [0.05, 0.1) is 15.2 Å². The molecule has 0 aliphatic carbocycles. The van der Waals surface area contributed by atoms with Crippen LogP contribution in [0.15, 0.2) is 18.2 Å². The molecule has 3 amide bonds. The molecule has 0 fully saturated rings. The summed E-state index contributed by atoms with van der Waals surface area (Å²) in [6, 6.07) is 4.53. The van der Waals surface area contributed by atoms with Crippen LogP contribution in [0.25, 0.3) is 10.2 Å². The van der Waals surface area contributed by atoms with Gasteiger partial charge in [-0.3, -0.25) is 14.4 Å². The summed E-state index contributed by atoms with van der Waals surface area (Å²) >= 11 is 1.50. The number of benzene rings is 1. The van der Waals surface area contributed by atoms with E-state index in [-0.39, 0.29) is 18.2 Å². The van der Waals surface area contributed by atoms with E-state index in [4.69, 9.17) is 5.73 Å².